The molecule has 35 heavy (non-hydrogen) atoms. The maximum atomic E-state index is 13.2. The summed E-state index contributed by atoms with van der Waals surface area (Å²) in [6, 6.07) is 19.1. The number of carbonyl (C=O) groups excluding carboxylic acids is 1. The minimum Gasteiger partial charge on any atom is -0.465 e. The Labute approximate surface area is 200 Å². The first-order valence-corrected chi connectivity index (χ1v) is 11.5. The lowest BCUT2D eigenvalue weighted by Gasteiger charge is -2.39. The van der Waals surface area contributed by atoms with Crippen LogP contribution in [-0.4, -0.2) is 26.2 Å². The van der Waals surface area contributed by atoms with E-state index in [9.17, 15) is 4.79 Å². The van der Waals surface area contributed by atoms with Gasteiger partial charge in [0, 0.05) is 17.5 Å². The first-order chi connectivity index (χ1) is 17.2. The molecule has 0 spiro atoms. The van der Waals surface area contributed by atoms with E-state index in [0.29, 0.717) is 35.2 Å². The van der Waals surface area contributed by atoms with Gasteiger partial charge in [-0.15, -0.1) is 0 Å². The molecular weight excluding hydrogens is 448 g/mol. The van der Waals surface area contributed by atoms with Gasteiger partial charge in [0.1, 0.15) is 0 Å². The van der Waals surface area contributed by atoms with Crippen LogP contribution in [0.3, 0.4) is 0 Å². The van der Waals surface area contributed by atoms with E-state index in [1.165, 1.54) is 0 Å². The Balaban J connectivity index is 1.38. The topological polar surface area (TPSA) is 99.0 Å². The molecule has 0 saturated carbocycles. The molecule has 8 nitrogen and oxygen atoms in total. The third-order valence-corrected chi connectivity index (χ3v) is 7.28. The van der Waals surface area contributed by atoms with Crippen LogP contribution in [0, 0.1) is 23.2 Å². The Morgan fingerprint density at radius 2 is 1.49 bits per heavy atom. The molecule has 3 aromatic rings. The van der Waals surface area contributed by atoms with Crippen LogP contribution in [0.5, 0.6) is 23.0 Å². The molecule has 1 saturated heterocycles. The van der Waals surface area contributed by atoms with Crippen LogP contribution in [0.1, 0.15) is 34.2 Å². The summed E-state index contributed by atoms with van der Waals surface area (Å²) in [6.07, 6.45) is 0. The van der Waals surface area contributed by atoms with Gasteiger partial charge in [-0.3, -0.25) is 4.79 Å². The fourth-order valence-electron chi connectivity index (χ4n) is 5.67. The van der Waals surface area contributed by atoms with Gasteiger partial charge in [0.25, 0.3) is 0 Å². The fraction of sp³-hybridized carbons (Fsp3) is 0.259. The fourth-order valence-corrected chi connectivity index (χ4v) is 5.67. The number of carbonyl (C=O) groups is 1. The highest BCUT2D eigenvalue weighted by Gasteiger charge is 2.52. The maximum absolute atomic E-state index is 13.2. The molecule has 7 rings (SSSR count). The van der Waals surface area contributed by atoms with Crippen molar-refractivity contribution < 1.29 is 28.5 Å². The SMILES string of the molecule is N#Cc1ccc(N[C@@H]2c3cc4c(cc3[C@H](c3ccc5c(c3)OCO5)[C@H]3C(=O)OC[C@@H]32)OCO4)cc1. The molecule has 1 fully saturated rings. The quantitative estimate of drug-likeness (QED) is 0.574. The number of rotatable bonds is 3. The standard InChI is InChI=1S/C27H20N2O6/c28-10-14-1-4-16(5-2-14)29-26-18-9-23-22(34-13-35-23)8-17(18)24(25-19(26)11-31-27(25)30)15-3-6-20-21(7-15)33-12-32-20/h1-9,19,24-26,29H,11-13H2/t19-,24-,25-,26+/m0/s1. The van der Waals surface area contributed by atoms with Crippen LogP contribution in [0.15, 0.2) is 54.6 Å². The van der Waals surface area contributed by atoms with Crippen molar-refractivity contribution in [3.8, 4) is 29.1 Å². The second-order valence-corrected chi connectivity index (χ2v) is 9.06. The second kappa shape index (κ2) is 7.57. The van der Waals surface area contributed by atoms with Crippen LogP contribution in [-0.2, 0) is 9.53 Å². The van der Waals surface area contributed by atoms with Crippen molar-refractivity contribution in [3.63, 3.8) is 0 Å². The number of benzene rings is 3. The highest BCUT2D eigenvalue weighted by atomic mass is 16.7. The summed E-state index contributed by atoms with van der Waals surface area (Å²) in [5.74, 6) is 1.76. The summed E-state index contributed by atoms with van der Waals surface area (Å²) >= 11 is 0. The zero-order valence-corrected chi connectivity index (χ0v) is 18.5. The van der Waals surface area contributed by atoms with Gasteiger partial charge in [0.05, 0.1) is 30.2 Å². The smallest absolute Gasteiger partial charge is 0.310 e. The van der Waals surface area contributed by atoms with Gasteiger partial charge in [-0.1, -0.05) is 6.07 Å². The van der Waals surface area contributed by atoms with Gasteiger partial charge in [0.2, 0.25) is 13.6 Å². The summed E-state index contributed by atoms with van der Waals surface area (Å²) in [6.45, 7) is 0.658. The highest BCUT2D eigenvalue weighted by molar-refractivity contribution is 5.79. The number of hydrogen-bond acceptors (Lipinski definition) is 8. The Morgan fingerprint density at radius 1 is 0.800 bits per heavy atom. The number of fused-ring (bicyclic) bond motifs is 4. The molecular formula is C27H20N2O6. The third kappa shape index (κ3) is 3.08. The predicted octanol–water partition coefficient (Wildman–Crippen LogP) is 4.10. The van der Waals surface area contributed by atoms with Gasteiger partial charge >= 0.3 is 5.97 Å². The molecule has 0 radical (unpaired) electrons. The zero-order valence-electron chi connectivity index (χ0n) is 18.5. The van der Waals surface area contributed by atoms with Crippen LogP contribution >= 0.6 is 0 Å². The monoisotopic (exact) mass is 468 g/mol. The summed E-state index contributed by atoms with van der Waals surface area (Å²) in [4.78, 5) is 13.2. The lowest BCUT2D eigenvalue weighted by molar-refractivity contribution is -0.141. The van der Waals surface area contributed by atoms with Crippen molar-refractivity contribution in [2.24, 2.45) is 11.8 Å². The first kappa shape index (κ1) is 20.0. The van der Waals surface area contributed by atoms with Gasteiger partial charge in [-0.2, -0.15) is 5.26 Å². The number of hydrogen-bond donors (Lipinski definition) is 1. The molecule has 0 bridgehead atoms. The van der Waals surface area contributed by atoms with Crippen molar-refractivity contribution in [2.45, 2.75) is 12.0 Å². The first-order valence-electron chi connectivity index (χ1n) is 11.5. The molecule has 4 aliphatic rings. The van der Waals surface area contributed by atoms with E-state index in [1.807, 2.05) is 42.5 Å². The van der Waals surface area contributed by atoms with Gasteiger partial charge in [-0.25, -0.2) is 0 Å². The minimum absolute atomic E-state index is 0.110. The molecule has 4 atom stereocenters. The number of esters is 1. The third-order valence-electron chi connectivity index (χ3n) is 7.28. The van der Waals surface area contributed by atoms with Crippen molar-refractivity contribution >= 4 is 11.7 Å². The van der Waals surface area contributed by atoms with E-state index in [4.69, 9.17) is 28.9 Å². The molecule has 0 amide bonds. The van der Waals surface area contributed by atoms with E-state index in [1.54, 1.807) is 12.1 Å². The van der Waals surface area contributed by atoms with Crippen molar-refractivity contribution in [1.82, 2.24) is 0 Å². The Bertz CT molecular complexity index is 1400. The summed E-state index contributed by atoms with van der Waals surface area (Å²) < 4.78 is 28.2. The van der Waals surface area contributed by atoms with E-state index in [2.05, 4.69) is 11.4 Å². The van der Waals surface area contributed by atoms with Gasteiger partial charge in [-0.05, 0) is 65.2 Å². The molecule has 3 heterocycles. The van der Waals surface area contributed by atoms with Crippen molar-refractivity contribution in [2.75, 3.05) is 25.5 Å². The number of cyclic esters (lactones) is 1. The molecule has 3 aliphatic heterocycles. The Hall–Kier alpha value is -4.38. The zero-order chi connectivity index (χ0) is 23.5. The lowest BCUT2D eigenvalue weighted by atomic mass is 9.65. The Kier molecular flexibility index (Phi) is 4.33. The number of nitrogens with one attached hydrogen (secondary N) is 1. The van der Waals surface area contributed by atoms with E-state index in [-0.39, 0.29) is 43.4 Å². The van der Waals surface area contributed by atoms with Crippen molar-refractivity contribution in [1.29, 1.82) is 5.26 Å². The molecule has 1 N–H and O–H groups in total. The molecule has 1 aliphatic carbocycles. The van der Waals surface area contributed by atoms with Crippen LogP contribution < -0.4 is 24.3 Å². The average molecular weight is 468 g/mol. The Morgan fingerprint density at radius 3 is 2.23 bits per heavy atom. The van der Waals surface area contributed by atoms with E-state index >= 15 is 0 Å². The summed E-state index contributed by atoms with van der Waals surface area (Å²) in [5, 5.41) is 12.8. The average Bonchev–Trinajstić information content (AvgIpc) is 3.63. The number of nitriles is 1. The summed E-state index contributed by atoms with van der Waals surface area (Å²) in [5.41, 5.74) is 4.42. The largest absolute Gasteiger partial charge is 0.465 e. The predicted molar refractivity (Wildman–Crippen MR) is 122 cm³/mol. The number of anilines is 1. The van der Waals surface area contributed by atoms with Gasteiger partial charge in [0.15, 0.2) is 23.0 Å². The van der Waals surface area contributed by atoms with E-state index < -0.39 is 0 Å². The molecule has 0 unspecified atom stereocenters. The molecule has 8 heteroatoms. The lowest BCUT2D eigenvalue weighted by Crippen LogP contribution is -2.37. The number of ether oxygens (including phenoxy) is 5. The minimum atomic E-state index is -0.390. The second-order valence-electron chi connectivity index (χ2n) is 9.06. The van der Waals surface area contributed by atoms with Crippen LogP contribution in [0.4, 0.5) is 5.69 Å². The highest BCUT2D eigenvalue weighted by Crippen LogP contribution is 2.55. The summed E-state index contributed by atoms with van der Waals surface area (Å²) in [7, 11) is 0. The van der Waals surface area contributed by atoms with E-state index in [0.717, 1.165) is 22.4 Å². The normalized spacial score (nSPS) is 24.8. The van der Waals surface area contributed by atoms with Gasteiger partial charge < -0.3 is 29.0 Å². The molecule has 174 valence electrons. The molecule has 0 aromatic heterocycles. The van der Waals surface area contributed by atoms with Crippen LogP contribution in [0.25, 0.3) is 0 Å². The molecule has 3 aromatic carbocycles. The van der Waals surface area contributed by atoms with Crippen LogP contribution in [0.2, 0.25) is 0 Å². The number of nitrogens with zero attached hydrogens (tertiary/aromatic N) is 1. The maximum Gasteiger partial charge on any atom is 0.310 e. The van der Waals surface area contributed by atoms with Crippen molar-refractivity contribution in [3.05, 3.63) is 76.9 Å².